The van der Waals surface area contributed by atoms with Gasteiger partial charge in [-0.25, -0.2) is 0 Å². The van der Waals surface area contributed by atoms with Gasteiger partial charge in [0.05, 0.1) is 0 Å². The maximum Gasteiger partial charge on any atom is 0.0309 e. The second-order valence-electron chi connectivity index (χ2n) is 8.13. The summed E-state index contributed by atoms with van der Waals surface area (Å²) in [7, 11) is 0. The topological polar surface area (TPSA) is 15.3 Å². The molecule has 3 fully saturated rings. The standard InChI is InChI=1S/C17H32N2/c1-12(2)16-9-18-17(4,15-7-8-15)11-19(16)10-13(3)14-5-6-14/h12-16,18H,5-11H2,1-4H3. The van der Waals surface area contributed by atoms with E-state index in [1.165, 1.54) is 45.3 Å². The molecule has 110 valence electrons. The molecule has 2 heteroatoms. The second-order valence-corrected chi connectivity index (χ2v) is 8.13. The van der Waals surface area contributed by atoms with Crippen LogP contribution in [0.5, 0.6) is 0 Å². The van der Waals surface area contributed by atoms with Crippen LogP contribution in [0.1, 0.15) is 53.4 Å². The van der Waals surface area contributed by atoms with Crippen LogP contribution in [0, 0.1) is 23.7 Å². The van der Waals surface area contributed by atoms with Crippen molar-refractivity contribution in [2.24, 2.45) is 23.7 Å². The molecule has 0 aromatic heterocycles. The van der Waals surface area contributed by atoms with Crippen LogP contribution in [0.15, 0.2) is 0 Å². The number of piperazine rings is 1. The number of nitrogens with one attached hydrogen (secondary N) is 1. The zero-order valence-electron chi connectivity index (χ0n) is 13.3. The van der Waals surface area contributed by atoms with E-state index in [1.54, 1.807) is 0 Å². The molecule has 3 rings (SSSR count). The Morgan fingerprint density at radius 2 is 1.84 bits per heavy atom. The molecular formula is C17H32N2. The Morgan fingerprint density at radius 1 is 1.16 bits per heavy atom. The maximum absolute atomic E-state index is 3.90. The van der Waals surface area contributed by atoms with Crippen LogP contribution in [0.2, 0.25) is 0 Å². The third-order valence-electron chi connectivity index (χ3n) is 5.91. The van der Waals surface area contributed by atoms with E-state index in [0.717, 1.165) is 29.7 Å². The molecule has 0 radical (unpaired) electrons. The van der Waals surface area contributed by atoms with Crippen LogP contribution in [0.25, 0.3) is 0 Å². The minimum absolute atomic E-state index is 0.397. The van der Waals surface area contributed by atoms with Crippen LogP contribution in [-0.4, -0.2) is 36.1 Å². The molecule has 19 heavy (non-hydrogen) atoms. The fourth-order valence-corrected chi connectivity index (χ4v) is 4.10. The molecule has 1 N–H and O–H groups in total. The van der Waals surface area contributed by atoms with Gasteiger partial charge < -0.3 is 5.32 Å². The predicted molar refractivity (Wildman–Crippen MR) is 81.2 cm³/mol. The molecule has 0 aromatic carbocycles. The third kappa shape index (κ3) is 3.00. The van der Waals surface area contributed by atoms with E-state index < -0.39 is 0 Å². The predicted octanol–water partition coefficient (Wildman–Crippen LogP) is 3.13. The number of hydrogen-bond donors (Lipinski definition) is 1. The van der Waals surface area contributed by atoms with Crippen LogP contribution < -0.4 is 5.32 Å². The largest absolute Gasteiger partial charge is 0.308 e. The molecule has 3 unspecified atom stereocenters. The minimum atomic E-state index is 0.397. The van der Waals surface area contributed by atoms with Crippen molar-refractivity contribution in [1.82, 2.24) is 10.2 Å². The summed E-state index contributed by atoms with van der Waals surface area (Å²) in [5, 5.41) is 3.90. The lowest BCUT2D eigenvalue weighted by molar-refractivity contribution is 0.0395. The summed E-state index contributed by atoms with van der Waals surface area (Å²) in [5.74, 6) is 3.65. The fourth-order valence-electron chi connectivity index (χ4n) is 4.10. The quantitative estimate of drug-likeness (QED) is 0.821. The number of nitrogens with zero attached hydrogens (tertiary/aromatic N) is 1. The van der Waals surface area contributed by atoms with E-state index in [1.807, 2.05) is 0 Å². The monoisotopic (exact) mass is 264 g/mol. The van der Waals surface area contributed by atoms with Gasteiger partial charge in [0.25, 0.3) is 0 Å². The van der Waals surface area contributed by atoms with Crippen molar-refractivity contribution in [2.75, 3.05) is 19.6 Å². The Kier molecular flexibility index (Phi) is 3.68. The molecular weight excluding hydrogens is 232 g/mol. The highest BCUT2D eigenvalue weighted by molar-refractivity contribution is 5.04. The molecule has 1 saturated heterocycles. The van der Waals surface area contributed by atoms with Crippen LogP contribution >= 0.6 is 0 Å². The van der Waals surface area contributed by atoms with Crippen molar-refractivity contribution in [2.45, 2.75) is 65.0 Å². The first-order valence-corrected chi connectivity index (χ1v) is 8.48. The van der Waals surface area contributed by atoms with Gasteiger partial charge in [0.2, 0.25) is 0 Å². The Labute approximate surface area is 119 Å². The van der Waals surface area contributed by atoms with E-state index >= 15 is 0 Å². The van der Waals surface area contributed by atoms with Crippen LogP contribution in [0.3, 0.4) is 0 Å². The van der Waals surface area contributed by atoms with Crippen molar-refractivity contribution in [3.05, 3.63) is 0 Å². The van der Waals surface area contributed by atoms with Gasteiger partial charge in [0.15, 0.2) is 0 Å². The number of rotatable bonds is 5. The highest BCUT2D eigenvalue weighted by atomic mass is 15.3. The average molecular weight is 264 g/mol. The van der Waals surface area contributed by atoms with E-state index in [9.17, 15) is 0 Å². The van der Waals surface area contributed by atoms with E-state index in [2.05, 4.69) is 37.9 Å². The first kappa shape index (κ1) is 13.9. The van der Waals surface area contributed by atoms with Gasteiger partial charge in [-0.15, -0.1) is 0 Å². The van der Waals surface area contributed by atoms with Gasteiger partial charge in [-0.1, -0.05) is 20.8 Å². The highest BCUT2D eigenvalue weighted by Crippen LogP contribution is 2.43. The lowest BCUT2D eigenvalue weighted by Crippen LogP contribution is -2.65. The molecule has 2 saturated carbocycles. The summed E-state index contributed by atoms with van der Waals surface area (Å²) < 4.78 is 0. The summed E-state index contributed by atoms with van der Waals surface area (Å²) in [4.78, 5) is 2.84. The summed E-state index contributed by atoms with van der Waals surface area (Å²) in [6.07, 6.45) is 5.86. The second kappa shape index (κ2) is 5.04. The molecule has 1 heterocycles. The third-order valence-corrected chi connectivity index (χ3v) is 5.91. The minimum Gasteiger partial charge on any atom is -0.308 e. The van der Waals surface area contributed by atoms with Crippen molar-refractivity contribution >= 4 is 0 Å². The zero-order valence-corrected chi connectivity index (χ0v) is 13.3. The van der Waals surface area contributed by atoms with Gasteiger partial charge in [-0.05, 0) is 56.3 Å². The maximum atomic E-state index is 3.90. The summed E-state index contributed by atoms with van der Waals surface area (Å²) in [6, 6.07) is 0.744. The molecule has 0 spiro atoms. The van der Waals surface area contributed by atoms with Gasteiger partial charge in [-0.3, -0.25) is 4.90 Å². The molecule has 1 aliphatic heterocycles. The van der Waals surface area contributed by atoms with Crippen LogP contribution in [-0.2, 0) is 0 Å². The Morgan fingerprint density at radius 3 is 2.37 bits per heavy atom. The molecule has 2 nitrogen and oxygen atoms in total. The average Bonchev–Trinajstić information content (AvgIpc) is 3.18. The Bertz CT molecular complexity index is 319. The Balaban J connectivity index is 1.66. The molecule has 0 amide bonds. The molecule has 3 aliphatic rings. The van der Waals surface area contributed by atoms with Gasteiger partial charge in [0.1, 0.15) is 0 Å². The first-order valence-electron chi connectivity index (χ1n) is 8.48. The summed E-state index contributed by atoms with van der Waals surface area (Å²) >= 11 is 0. The van der Waals surface area contributed by atoms with Crippen molar-refractivity contribution in [1.29, 1.82) is 0 Å². The molecule has 3 atom stereocenters. The zero-order chi connectivity index (χ0) is 13.6. The van der Waals surface area contributed by atoms with Crippen molar-refractivity contribution in [3.63, 3.8) is 0 Å². The molecule has 2 aliphatic carbocycles. The highest BCUT2D eigenvalue weighted by Gasteiger charge is 2.46. The smallest absolute Gasteiger partial charge is 0.0309 e. The van der Waals surface area contributed by atoms with Gasteiger partial charge in [-0.2, -0.15) is 0 Å². The van der Waals surface area contributed by atoms with Gasteiger partial charge >= 0.3 is 0 Å². The summed E-state index contributed by atoms with van der Waals surface area (Å²) in [6.45, 7) is 13.5. The molecule has 0 aromatic rings. The number of hydrogen-bond acceptors (Lipinski definition) is 2. The first-order chi connectivity index (χ1) is 8.99. The van der Waals surface area contributed by atoms with E-state index in [4.69, 9.17) is 0 Å². The van der Waals surface area contributed by atoms with Crippen molar-refractivity contribution < 1.29 is 0 Å². The summed E-state index contributed by atoms with van der Waals surface area (Å²) in [5.41, 5.74) is 0.397. The van der Waals surface area contributed by atoms with E-state index in [0.29, 0.717) is 5.54 Å². The lowest BCUT2D eigenvalue weighted by atomic mass is 9.87. The SMILES string of the molecule is CC(C)C1CNC(C)(C2CC2)CN1CC(C)C1CC1. The van der Waals surface area contributed by atoms with Gasteiger partial charge in [0, 0.05) is 31.2 Å². The van der Waals surface area contributed by atoms with E-state index in [-0.39, 0.29) is 0 Å². The normalized spacial score (nSPS) is 38.7. The van der Waals surface area contributed by atoms with Crippen molar-refractivity contribution in [3.8, 4) is 0 Å². The van der Waals surface area contributed by atoms with Crippen LogP contribution in [0.4, 0.5) is 0 Å². The molecule has 0 bridgehead atoms. The fraction of sp³-hybridized carbons (Fsp3) is 1.00. The lowest BCUT2D eigenvalue weighted by Gasteiger charge is -2.49. The Hall–Kier alpha value is -0.0800.